The molecule has 78 valence electrons. The molecule has 1 rings (SSSR count). The van der Waals surface area contributed by atoms with Crippen LogP contribution in [0.25, 0.3) is 0 Å². The molecule has 0 aromatic rings. The maximum absolute atomic E-state index is 9.01. The third-order valence-electron chi connectivity index (χ3n) is 2.62. The maximum Gasteiger partial charge on any atom is 0.0702 e. The Bertz CT molecular complexity index is 134. The first-order valence-electron chi connectivity index (χ1n) is 4.90. The van der Waals surface area contributed by atoms with E-state index in [4.69, 9.17) is 15.6 Å². The second-order valence-corrected chi connectivity index (χ2v) is 3.65. The molecule has 13 heavy (non-hydrogen) atoms. The molecule has 0 aromatic heterocycles. The summed E-state index contributed by atoms with van der Waals surface area (Å²) >= 11 is 0. The Hall–Kier alpha value is -0.160. The minimum atomic E-state index is 0.0733. The molecule has 1 saturated heterocycles. The van der Waals surface area contributed by atoms with Crippen molar-refractivity contribution in [2.75, 3.05) is 33.4 Å². The number of rotatable bonds is 5. The van der Waals surface area contributed by atoms with Crippen molar-refractivity contribution < 1.29 is 9.84 Å². The SMILES string of the molecule is CN(CC1CCCO1)C(CN)CO. The fourth-order valence-corrected chi connectivity index (χ4v) is 1.65. The molecule has 4 heteroatoms. The summed E-state index contributed by atoms with van der Waals surface area (Å²) in [7, 11) is 1.98. The van der Waals surface area contributed by atoms with Crippen molar-refractivity contribution in [1.82, 2.24) is 4.90 Å². The lowest BCUT2D eigenvalue weighted by Gasteiger charge is -2.27. The van der Waals surface area contributed by atoms with E-state index in [2.05, 4.69) is 4.90 Å². The van der Waals surface area contributed by atoms with Gasteiger partial charge in [-0.25, -0.2) is 0 Å². The standard InChI is InChI=1S/C9H20N2O2/c1-11(8(5-10)7-12)6-9-3-2-4-13-9/h8-9,12H,2-7,10H2,1H3. The average Bonchev–Trinajstić information content (AvgIpc) is 2.59. The molecule has 0 bridgehead atoms. The molecule has 3 N–H and O–H groups in total. The van der Waals surface area contributed by atoms with Gasteiger partial charge < -0.3 is 15.6 Å². The van der Waals surface area contributed by atoms with E-state index in [-0.39, 0.29) is 12.6 Å². The molecule has 1 heterocycles. The van der Waals surface area contributed by atoms with Crippen LogP contribution in [-0.4, -0.2) is 55.5 Å². The summed E-state index contributed by atoms with van der Waals surface area (Å²) in [5, 5.41) is 9.01. The molecular formula is C9H20N2O2. The molecule has 0 amide bonds. The van der Waals surface area contributed by atoms with Crippen LogP contribution in [0.4, 0.5) is 0 Å². The summed E-state index contributed by atoms with van der Waals surface area (Å²) in [5.74, 6) is 0. The third kappa shape index (κ3) is 3.23. The topological polar surface area (TPSA) is 58.7 Å². The largest absolute Gasteiger partial charge is 0.395 e. The number of hydrogen-bond donors (Lipinski definition) is 2. The van der Waals surface area contributed by atoms with Gasteiger partial charge in [-0.3, -0.25) is 4.90 Å². The predicted molar refractivity (Wildman–Crippen MR) is 51.5 cm³/mol. The van der Waals surface area contributed by atoms with Gasteiger partial charge in [0.15, 0.2) is 0 Å². The minimum absolute atomic E-state index is 0.0733. The van der Waals surface area contributed by atoms with E-state index in [0.29, 0.717) is 12.6 Å². The zero-order valence-corrected chi connectivity index (χ0v) is 8.28. The van der Waals surface area contributed by atoms with Crippen LogP contribution in [0.15, 0.2) is 0 Å². The predicted octanol–water partition coefficient (Wildman–Crippen LogP) is -0.583. The van der Waals surface area contributed by atoms with Gasteiger partial charge in [0, 0.05) is 25.7 Å². The monoisotopic (exact) mass is 188 g/mol. The normalized spacial score (nSPS) is 25.4. The molecule has 2 atom stereocenters. The highest BCUT2D eigenvalue weighted by atomic mass is 16.5. The maximum atomic E-state index is 9.01. The number of nitrogens with zero attached hydrogens (tertiary/aromatic N) is 1. The minimum Gasteiger partial charge on any atom is -0.395 e. The first kappa shape index (κ1) is 10.9. The molecule has 0 aromatic carbocycles. The Balaban J connectivity index is 2.25. The van der Waals surface area contributed by atoms with Crippen LogP contribution in [-0.2, 0) is 4.74 Å². The molecule has 1 aliphatic rings. The number of aliphatic hydroxyl groups excluding tert-OH is 1. The van der Waals surface area contributed by atoms with Gasteiger partial charge in [0.2, 0.25) is 0 Å². The second kappa shape index (κ2) is 5.54. The van der Waals surface area contributed by atoms with E-state index >= 15 is 0 Å². The number of hydrogen-bond acceptors (Lipinski definition) is 4. The molecule has 1 aliphatic heterocycles. The molecule has 4 nitrogen and oxygen atoms in total. The van der Waals surface area contributed by atoms with Crippen molar-refractivity contribution in [2.45, 2.75) is 25.0 Å². The molecule has 1 fully saturated rings. The van der Waals surface area contributed by atoms with Crippen LogP contribution in [0.2, 0.25) is 0 Å². The van der Waals surface area contributed by atoms with Crippen LogP contribution in [0.1, 0.15) is 12.8 Å². The zero-order valence-electron chi connectivity index (χ0n) is 8.28. The van der Waals surface area contributed by atoms with Crippen molar-refractivity contribution >= 4 is 0 Å². The molecule has 2 unspecified atom stereocenters. The van der Waals surface area contributed by atoms with Gasteiger partial charge in [-0.1, -0.05) is 0 Å². The van der Waals surface area contributed by atoms with E-state index in [1.807, 2.05) is 7.05 Å². The van der Waals surface area contributed by atoms with E-state index in [9.17, 15) is 0 Å². The fraction of sp³-hybridized carbons (Fsp3) is 1.00. The van der Waals surface area contributed by atoms with Crippen LogP contribution >= 0.6 is 0 Å². The van der Waals surface area contributed by atoms with Crippen molar-refractivity contribution in [3.05, 3.63) is 0 Å². The lowest BCUT2D eigenvalue weighted by atomic mass is 10.2. The Morgan fingerprint density at radius 2 is 2.46 bits per heavy atom. The van der Waals surface area contributed by atoms with E-state index in [0.717, 1.165) is 26.0 Å². The first-order valence-corrected chi connectivity index (χ1v) is 4.90. The Labute approximate surface area is 79.7 Å². The molecule has 0 aliphatic carbocycles. The summed E-state index contributed by atoms with van der Waals surface area (Å²) in [6.45, 7) is 2.38. The Morgan fingerprint density at radius 3 is 2.92 bits per heavy atom. The molecular weight excluding hydrogens is 168 g/mol. The van der Waals surface area contributed by atoms with Crippen LogP contribution in [0.5, 0.6) is 0 Å². The fourth-order valence-electron chi connectivity index (χ4n) is 1.65. The van der Waals surface area contributed by atoms with Gasteiger partial charge in [-0.15, -0.1) is 0 Å². The lowest BCUT2D eigenvalue weighted by molar-refractivity contribution is 0.0568. The number of aliphatic hydroxyl groups is 1. The van der Waals surface area contributed by atoms with E-state index in [1.54, 1.807) is 0 Å². The van der Waals surface area contributed by atoms with E-state index < -0.39 is 0 Å². The second-order valence-electron chi connectivity index (χ2n) is 3.65. The van der Waals surface area contributed by atoms with Crippen molar-refractivity contribution in [3.8, 4) is 0 Å². The summed E-state index contributed by atoms with van der Waals surface area (Å²) in [5.41, 5.74) is 5.52. The summed E-state index contributed by atoms with van der Waals surface area (Å²) in [4.78, 5) is 2.08. The van der Waals surface area contributed by atoms with Gasteiger partial charge in [0.25, 0.3) is 0 Å². The summed E-state index contributed by atoms with van der Waals surface area (Å²) < 4.78 is 5.50. The smallest absolute Gasteiger partial charge is 0.0702 e. The van der Waals surface area contributed by atoms with Gasteiger partial charge >= 0.3 is 0 Å². The first-order chi connectivity index (χ1) is 6.27. The van der Waals surface area contributed by atoms with Crippen molar-refractivity contribution in [2.24, 2.45) is 5.73 Å². The Morgan fingerprint density at radius 1 is 1.69 bits per heavy atom. The highest BCUT2D eigenvalue weighted by Gasteiger charge is 2.20. The summed E-state index contributed by atoms with van der Waals surface area (Å²) in [6.07, 6.45) is 2.63. The highest BCUT2D eigenvalue weighted by molar-refractivity contribution is 4.74. The van der Waals surface area contributed by atoms with Gasteiger partial charge in [-0.05, 0) is 19.9 Å². The van der Waals surface area contributed by atoms with E-state index in [1.165, 1.54) is 0 Å². The Kier molecular flexibility index (Phi) is 4.66. The number of ether oxygens (including phenoxy) is 1. The quantitative estimate of drug-likeness (QED) is 0.606. The van der Waals surface area contributed by atoms with Crippen LogP contribution in [0.3, 0.4) is 0 Å². The molecule has 0 saturated carbocycles. The zero-order chi connectivity index (χ0) is 9.68. The molecule has 0 spiro atoms. The van der Waals surface area contributed by atoms with Gasteiger partial charge in [-0.2, -0.15) is 0 Å². The van der Waals surface area contributed by atoms with Crippen molar-refractivity contribution in [3.63, 3.8) is 0 Å². The summed E-state index contributed by atoms with van der Waals surface area (Å²) in [6, 6.07) is 0.0733. The van der Waals surface area contributed by atoms with Crippen LogP contribution < -0.4 is 5.73 Å². The lowest BCUT2D eigenvalue weighted by Crippen LogP contribution is -2.44. The van der Waals surface area contributed by atoms with Gasteiger partial charge in [0.1, 0.15) is 0 Å². The van der Waals surface area contributed by atoms with Crippen molar-refractivity contribution in [1.29, 1.82) is 0 Å². The highest BCUT2D eigenvalue weighted by Crippen LogP contribution is 2.13. The van der Waals surface area contributed by atoms with Gasteiger partial charge in [0.05, 0.1) is 12.7 Å². The average molecular weight is 188 g/mol. The molecule has 0 radical (unpaired) electrons. The third-order valence-corrected chi connectivity index (χ3v) is 2.62. The number of nitrogens with two attached hydrogens (primary N) is 1. The number of likely N-dealkylation sites (N-methyl/N-ethyl adjacent to an activating group) is 1. The van der Waals surface area contributed by atoms with Crippen LogP contribution in [0, 0.1) is 0 Å².